The SMILES string of the molecule is CCC(CSC)N(C)C(=O)c1cccc([N+](=O)[O-])c1O. The Kier molecular flexibility index (Phi) is 5.82. The zero-order valence-corrected chi connectivity index (χ0v) is 12.5. The van der Waals surface area contributed by atoms with Gasteiger partial charge in [0.15, 0.2) is 0 Å². The number of phenols is 1. The van der Waals surface area contributed by atoms with Crippen molar-refractivity contribution >= 4 is 23.4 Å². The second-order valence-electron chi connectivity index (χ2n) is 4.36. The summed E-state index contributed by atoms with van der Waals surface area (Å²) < 4.78 is 0. The number of hydrogen-bond acceptors (Lipinski definition) is 5. The molecule has 0 fully saturated rings. The van der Waals surface area contributed by atoms with Gasteiger partial charge in [-0.15, -0.1) is 0 Å². The molecule has 0 saturated heterocycles. The van der Waals surface area contributed by atoms with Crippen molar-refractivity contribution in [3.8, 4) is 5.75 Å². The summed E-state index contributed by atoms with van der Waals surface area (Å²) in [5.74, 6) is -0.213. The monoisotopic (exact) mass is 298 g/mol. The molecule has 1 unspecified atom stereocenters. The van der Waals surface area contributed by atoms with Crippen molar-refractivity contribution in [1.82, 2.24) is 4.90 Å². The predicted octanol–water partition coefficient (Wildman–Crippen LogP) is 2.51. The maximum absolute atomic E-state index is 12.3. The molecule has 0 radical (unpaired) electrons. The van der Waals surface area contributed by atoms with E-state index in [1.165, 1.54) is 23.1 Å². The lowest BCUT2D eigenvalue weighted by atomic mass is 10.1. The summed E-state index contributed by atoms with van der Waals surface area (Å²) in [6.45, 7) is 1.97. The van der Waals surface area contributed by atoms with Gasteiger partial charge in [-0.2, -0.15) is 11.8 Å². The first-order chi connectivity index (χ1) is 9.43. The lowest BCUT2D eigenvalue weighted by Crippen LogP contribution is -2.38. The molecular formula is C13H18N2O4S. The topological polar surface area (TPSA) is 83.7 Å². The van der Waals surface area contributed by atoms with E-state index in [0.717, 1.165) is 12.2 Å². The number of nitro benzene ring substituents is 1. The first-order valence-electron chi connectivity index (χ1n) is 6.16. The Morgan fingerprint density at radius 3 is 2.70 bits per heavy atom. The summed E-state index contributed by atoms with van der Waals surface area (Å²) in [6.07, 6.45) is 2.73. The van der Waals surface area contributed by atoms with Crippen molar-refractivity contribution in [2.45, 2.75) is 19.4 Å². The molecule has 1 aromatic rings. The molecule has 1 amide bonds. The number of aromatic hydroxyl groups is 1. The highest BCUT2D eigenvalue weighted by Gasteiger charge is 2.25. The van der Waals surface area contributed by atoms with Crippen molar-refractivity contribution in [2.24, 2.45) is 0 Å². The molecule has 0 heterocycles. The van der Waals surface area contributed by atoms with Crippen molar-refractivity contribution in [1.29, 1.82) is 0 Å². The molecule has 0 aliphatic carbocycles. The number of carbonyl (C=O) groups is 1. The van der Waals surface area contributed by atoms with E-state index in [2.05, 4.69) is 0 Å². The number of nitro groups is 1. The van der Waals surface area contributed by atoms with E-state index in [4.69, 9.17) is 0 Å². The number of hydrogen-bond donors (Lipinski definition) is 1. The van der Waals surface area contributed by atoms with E-state index in [0.29, 0.717) is 0 Å². The summed E-state index contributed by atoms with van der Waals surface area (Å²) in [7, 11) is 1.64. The standard InChI is InChI=1S/C13H18N2O4S/c1-4-9(8-20-3)14(2)13(17)10-6-5-7-11(12(10)16)15(18)19/h5-7,9,16H,4,8H2,1-3H3. The molecule has 0 aromatic heterocycles. The number of carbonyl (C=O) groups excluding carboxylic acids is 1. The minimum absolute atomic E-state index is 0.0242. The fourth-order valence-corrected chi connectivity index (χ4v) is 2.75. The molecule has 1 aromatic carbocycles. The Hall–Kier alpha value is -1.76. The largest absolute Gasteiger partial charge is 0.502 e. The summed E-state index contributed by atoms with van der Waals surface area (Å²) in [5, 5.41) is 20.6. The van der Waals surface area contributed by atoms with Gasteiger partial charge >= 0.3 is 5.69 Å². The van der Waals surface area contributed by atoms with Crippen LogP contribution in [0.25, 0.3) is 0 Å². The molecule has 0 saturated carbocycles. The number of amides is 1. The predicted molar refractivity (Wildman–Crippen MR) is 79.3 cm³/mol. The van der Waals surface area contributed by atoms with Crippen LogP contribution >= 0.6 is 11.8 Å². The number of para-hydroxylation sites is 1. The van der Waals surface area contributed by atoms with E-state index in [9.17, 15) is 20.0 Å². The Bertz CT molecular complexity index is 507. The molecular weight excluding hydrogens is 280 g/mol. The second kappa shape index (κ2) is 7.14. The zero-order chi connectivity index (χ0) is 15.3. The van der Waals surface area contributed by atoms with Crippen LogP contribution in [0.5, 0.6) is 5.75 Å². The molecule has 0 spiro atoms. The molecule has 0 aliphatic heterocycles. The fraction of sp³-hybridized carbons (Fsp3) is 0.462. The average molecular weight is 298 g/mol. The lowest BCUT2D eigenvalue weighted by molar-refractivity contribution is -0.385. The Morgan fingerprint density at radius 2 is 2.20 bits per heavy atom. The molecule has 1 N–H and O–H groups in total. The molecule has 1 rings (SSSR count). The van der Waals surface area contributed by atoms with Crippen LogP contribution in [-0.4, -0.2) is 45.9 Å². The smallest absolute Gasteiger partial charge is 0.311 e. The molecule has 20 heavy (non-hydrogen) atoms. The van der Waals surface area contributed by atoms with Crippen molar-refractivity contribution in [3.05, 3.63) is 33.9 Å². The quantitative estimate of drug-likeness (QED) is 0.644. The summed E-state index contributed by atoms with van der Waals surface area (Å²) in [6, 6.07) is 3.99. The summed E-state index contributed by atoms with van der Waals surface area (Å²) >= 11 is 1.62. The third kappa shape index (κ3) is 3.41. The van der Waals surface area contributed by atoms with E-state index in [-0.39, 0.29) is 11.6 Å². The van der Waals surface area contributed by atoms with Gasteiger partial charge in [-0.25, -0.2) is 0 Å². The van der Waals surface area contributed by atoms with Crippen molar-refractivity contribution in [2.75, 3.05) is 19.1 Å². The molecule has 6 nitrogen and oxygen atoms in total. The summed E-state index contributed by atoms with van der Waals surface area (Å²) in [4.78, 5) is 23.9. The van der Waals surface area contributed by atoms with Crippen LogP contribution in [0.15, 0.2) is 18.2 Å². The normalized spacial score (nSPS) is 11.9. The van der Waals surface area contributed by atoms with Crippen molar-refractivity contribution < 1.29 is 14.8 Å². The highest BCUT2D eigenvalue weighted by Crippen LogP contribution is 2.30. The van der Waals surface area contributed by atoms with Crippen molar-refractivity contribution in [3.63, 3.8) is 0 Å². The van der Waals surface area contributed by atoms with E-state index >= 15 is 0 Å². The van der Waals surface area contributed by atoms with Gasteiger partial charge in [0.05, 0.1) is 10.5 Å². The third-order valence-corrected chi connectivity index (χ3v) is 3.86. The van der Waals surface area contributed by atoms with Crippen LogP contribution in [0.1, 0.15) is 23.7 Å². The lowest BCUT2D eigenvalue weighted by Gasteiger charge is -2.27. The number of nitrogens with zero attached hydrogens (tertiary/aromatic N) is 2. The van der Waals surface area contributed by atoms with Gasteiger partial charge < -0.3 is 10.0 Å². The fourth-order valence-electron chi connectivity index (χ4n) is 1.90. The van der Waals surface area contributed by atoms with Gasteiger partial charge in [0.2, 0.25) is 5.75 Å². The molecule has 110 valence electrons. The van der Waals surface area contributed by atoms with Crippen LogP contribution in [0.2, 0.25) is 0 Å². The highest BCUT2D eigenvalue weighted by atomic mass is 32.2. The number of thioether (sulfide) groups is 1. The van der Waals surface area contributed by atoms with Crippen LogP contribution in [0.3, 0.4) is 0 Å². The van der Waals surface area contributed by atoms with Gasteiger partial charge in [-0.3, -0.25) is 14.9 Å². The minimum Gasteiger partial charge on any atom is -0.502 e. The first-order valence-corrected chi connectivity index (χ1v) is 7.55. The van der Waals surface area contributed by atoms with Gasteiger partial charge in [0.25, 0.3) is 5.91 Å². The maximum atomic E-state index is 12.3. The van der Waals surface area contributed by atoms with Gasteiger partial charge in [-0.05, 0) is 18.7 Å². The molecule has 0 bridgehead atoms. The Labute approximate surface area is 121 Å². The molecule has 7 heteroatoms. The summed E-state index contributed by atoms with van der Waals surface area (Å²) in [5.41, 5.74) is -0.497. The minimum atomic E-state index is -0.703. The number of benzene rings is 1. The van der Waals surface area contributed by atoms with Gasteiger partial charge in [0, 0.05) is 24.9 Å². The van der Waals surface area contributed by atoms with Gasteiger partial charge in [0.1, 0.15) is 0 Å². The second-order valence-corrected chi connectivity index (χ2v) is 5.27. The Balaban J connectivity index is 3.08. The maximum Gasteiger partial charge on any atom is 0.311 e. The highest BCUT2D eigenvalue weighted by molar-refractivity contribution is 7.98. The average Bonchev–Trinajstić information content (AvgIpc) is 2.43. The first kappa shape index (κ1) is 16.3. The molecule has 1 atom stereocenters. The molecule has 0 aliphatic rings. The van der Waals surface area contributed by atoms with E-state index in [1.54, 1.807) is 18.8 Å². The zero-order valence-electron chi connectivity index (χ0n) is 11.7. The van der Waals surface area contributed by atoms with E-state index < -0.39 is 22.3 Å². The van der Waals surface area contributed by atoms with Crippen LogP contribution in [0.4, 0.5) is 5.69 Å². The van der Waals surface area contributed by atoms with Crippen LogP contribution < -0.4 is 0 Å². The van der Waals surface area contributed by atoms with Crippen LogP contribution in [-0.2, 0) is 0 Å². The van der Waals surface area contributed by atoms with Gasteiger partial charge in [-0.1, -0.05) is 13.0 Å². The number of rotatable bonds is 6. The third-order valence-electron chi connectivity index (χ3n) is 3.14. The van der Waals surface area contributed by atoms with E-state index in [1.807, 2.05) is 13.2 Å². The van der Waals surface area contributed by atoms with Crippen LogP contribution in [0, 0.1) is 10.1 Å². The number of phenolic OH excluding ortho intramolecular Hbond substituents is 1. The Morgan fingerprint density at radius 1 is 1.55 bits per heavy atom.